The minimum absolute atomic E-state index is 0.111. The van der Waals surface area contributed by atoms with Gasteiger partial charge >= 0.3 is 0 Å². The van der Waals surface area contributed by atoms with Gasteiger partial charge in [-0.05, 0) is 42.5 Å². The first-order valence-electron chi connectivity index (χ1n) is 7.97. The molecule has 142 valence electrons. The van der Waals surface area contributed by atoms with Crippen molar-refractivity contribution < 1.29 is 27.2 Å². The lowest BCUT2D eigenvalue weighted by Crippen LogP contribution is -2.17. The quantitative estimate of drug-likeness (QED) is 0.634. The Morgan fingerprint density at radius 3 is 1.25 bits per heavy atom. The molecular weight excluding hydrogens is 376 g/mol. The molecular formula is C20H12F4N2O2. The van der Waals surface area contributed by atoms with Gasteiger partial charge in [0.05, 0.1) is 0 Å². The van der Waals surface area contributed by atoms with Crippen LogP contribution < -0.4 is 10.6 Å². The first-order valence-corrected chi connectivity index (χ1v) is 7.97. The molecule has 0 aliphatic carbocycles. The zero-order valence-corrected chi connectivity index (χ0v) is 14.1. The fourth-order valence-corrected chi connectivity index (χ4v) is 2.49. The van der Waals surface area contributed by atoms with Crippen LogP contribution in [0.5, 0.6) is 0 Å². The third-order valence-corrected chi connectivity index (χ3v) is 3.76. The maximum atomic E-state index is 13.7. The highest BCUT2D eigenvalue weighted by atomic mass is 19.1. The van der Waals surface area contributed by atoms with Crippen LogP contribution in [0.25, 0.3) is 0 Å². The second-order valence-electron chi connectivity index (χ2n) is 5.68. The summed E-state index contributed by atoms with van der Waals surface area (Å²) in [5.74, 6) is -6.18. The normalized spacial score (nSPS) is 10.4. The highest BCUT2D eigenvalue weighted by Gasteiger charge is 2.19. The van der Waals surface area contributed by atoms with Crippen molar-refractivity contribution in [2.75, 3.05) is 10.6 Å². The second kappa shape index (κ2) is 7.91. The Morgan fingerprint density at radius 2 is 0.893 bits per heavy atom. The van der Waals surface area contributed by atoms with Crippen molar-refractivity contribution in [3.05, 3.63) is 95.1 Å². The number of halogens is 4. The van der Waals surface area contributed by atoms with Crippen LogP contribution in [0.4, 0.5) is 28.9 Å². The van der Waals surface area contributed by atoms with E-state index in [1.54, 1.807) is 0 Å². The fraction of sp³-hybridized carbons (Fsp3) is 0. The van der Waals surface area contributed by atoms with Crippen LogP contribution in [0.3, 0.4) is 0 Å². The SMILES string of the molecule is O=C(Nc1cccc(NC(=O)c2c(F)cccc2F)c1)c1c(F)cccc1F. The Kier molecular flexibility index (Phi) is 5.39. The van der Waals surface area contributed by atoms with E-state index in [1.807, 2.05) is 0 Å². The molecule has 0 saturated heterocycles. The van der Waals surface area contributed by atoms with Gasteiger partial charge in [0.15, 0.2) is 0 Å². The molecule has 4 nitrogen and oxygen atoms in total. The van der Waals surface area contributed by atoms with Crippen molar-refractivity contribution >= 4 is 23.2 Å². The molecule has 0 unspecified atom stereocenters. The number of rotatable bonds is 4. The topological polar surface area (TPSA) is 58.2 Å². The van der Waals surface area contributed by atoms with Crippen molar-refractivity contribution in [3.63, 3.8) is 0 Å². The molecule has 8 heteroatoms. The van der Waals surface area contributed by atoms with E-state index in [0.717, 1.165) is 36.4 Å². The molecule has 0 heterocycles. The molecule has 0 radical (unpaired) electrons. The van der Waals surface area contributed by atoms with Crippen LogP contribution in [-0.2, 0) is 0 Å². The molecule has 2 amide bonds. The predicted molar refractivity (Wildman–Crippen MR) is 95.1 cm³/mol. The van der Waals surface area contributed by atoms with Gasteiger partial charge < -0.3 is 10.6 Å². The second-order valence-corrected chi connectivity index (χ2v) is 5.68. The van der Waals surface area contributed by atoms with E-state index >= 15 is 0 Å². The molecule has 28 heavy (non-hydrogen) atoms. The monoisotopic (exact) mass is 388 g/mol. The molecule has 0 saturated carbocycles. The zero-order chi connectivity index (χ0) is 20.3. The molecule has 0 aromatic heterocycles. The first kappa shape index (κ1) is 19.1. The van der Waals surface area contributed by atoms with Gasteiger partial charge in [-0.3, -0.25) is 9.59 Å². The number of benzene rings is 3. The van der Waals surface area contributed by atoms with Gasteiger partial charge in [0.2, 0.25) is 0 Å². The van der Waals surface area contributed by atoms with Crippen LogP contribution in [0.15, 0.2) is 60.7 Å². The van der Waals surface area contributed by atoms with Crippen molar-refractivity contribution in [2.24, 2.45) is 0 Å². The summed E-state index contributed by atoms with van der Waals surface area (Å²) in [6.07, 6.45) is 0. The summed E-state index contributed by atoms with van der Waals surface area (Å²) in [6.45, 7) is 0. The van der Waals surface area contributed by atoms with E-state index < -0.39 is 46.2 Å². The van der Waals surface area contributed by atoms with E-state index in [-0.39, 0.29) is 11.4 Å². The Morgan fingerprint density at radius 1 is 0.571 bits per heavy atom. The minimum atomic E-state index is -1.03. The molecule has 0 aliphatic heterocycles. The molecule has 0 atom stereocenters. The standard InChI is InChI=1S/C20H12F4N2O2/c21-13-6-2-7-14(22)17(13)19(27)25-11-4-1-5-12(10-11)26-20(28)18-15(23)8-3-9-16(18)24/h1-10H,(H,25,27)(H,26,28). The van der Waals surface area contributed by atoms with Gasteiger partial charge in [-0.25, -0.2) is 17.6 Å². The van der Waals surface area contributed by atoms with E-state index in [1.165, 1.54) is 24.3 Å². The van der Waals surface area contributed by atoms with Crippen LogP contribution in [0, 0.1) is 23.3 Å². The minimum Gasteiger partial charge on any atom is -0.322 e. The van der Waals surface area contributed by atoms with Crippen LogP contribution in [-0.4, -0.2) is 11.8 Å². The highest BCUT2D eigenvalue weighted by Crippen LogP contribution is 2.20. The highest BCUT2D eigenvalue weighted by molar-refractivity contribution is 6.06. The van der Waals surface area contributed by atoms with Gasteiger partial charge in [-0.15, -0.1) is 0 Å². The van der Waals surface area contributed by atoms with Crippen LogP contribution in [0.2, 0.25) is 0 Å². The molecule has 3 aromatic carbocycles. The summed E-state index contributed by atoms with van der Waals surface area (Å²) < 4.78 is 54.8. The number of nitrogens with one attached hydrogen (secondary N) is 2. The number of amides is 2. The van der Waals surface area contributed by atoms with Gasteiger partial charge in [0, 0.05) is 11.4 Å². The summed E-state index contributed by atoms with van der Waals surface area (Å²) in [5.41, 5.74) is -1.30. The molecule has 0 aliphatic rings. The molecule has 2 N–H and O–H groups in total. The summed E-state index contributed by atoms with van der Waals surface area (Å²) in [4.78, 5) is 24.2. The molecule has 0 fully saturated rings. The first-order chi connectivity index (χ1) is 13.4. The third kappa shape index (κ3) is 4.01. The zero-order valence-electron chi connectivity index (χ0n) is 14.1. The fourth-order valence-electron chi connectivity index (χ4n) is 2.49. The predicted octanol–water partition coefficient (Wildman–Crippen LogP) is 4.75. The third-order valence-electron chi connectivity index (χ3n) is 3.76. The number of carbonyl (C=O) groups is 2. The Balaban J connectivity index is 1.79. The molecule has 0 spiro atoms. The van der Waals surface area contributed by atoms with E-state index in [4.69, 9.17) is 0 Å². The number of carbonyl (C=O) groups excluding carboxylic acids is 2. The van der Waals surface area contributed by atoms with E-state index in [0.29, 0.717) is 0 Å². The van der Waals surface area contributed by atoms with Crippen molar-refractivity contribution in [1.82, 2.24) is 0 Å². The van der Waals surface area contributed by atoms with Gasteiger partial charge in [0.25, 0.3) is 11.8 Å². The van der Waals surface area contributed by atoms with Crippen molar-refractivity contribution in [1.29, 1.82) is 0 Å². The van der Waals surface area contributed by atoms with Crippen LogP contribution in [0.1, 0.15) is 20.7 Å². The van der Waals surface area contributed by atoms with Crippen molar-refractivity contribution in [3.8, 4) is 0 Å². The maximum Gasteiger partial charge on any atom is 0.261 e. The summed E-state index contributed by atoms with van der Waals surface area (Å²) in [5, 5.41) is 4.60. The summed E-state index contributed by atoms with van der Waals surface area (Å²) >= 11 is 0. The average Bonchev–Trinajstić information content (AvgIpc) is 2.61. The lowest BCUT2D eigenvalue weighted by molar-refractivity contribution is 0.101. The van der Waals surface area contributed by atoms with Crippen LogP contribution >= 0.6 is 0 Å². The van der Waals surface area contributed by atoms with E-state index in [9.17, 15) is 27.2 Å². The average molecular weight is 388 g/mol. The van der Waals surface area contributed by atoms with E-state index in [2.05, 4.69) is 10.6 Å². The lowest BCUT2D eigenvalue weighted by Gasteiger charge is -2.10. The largest absolute Gasteiger partial charge is 0.322 e. The van der Waals surface area contributed by atoms with Gasteiger partial charge in [-0.2, -0.15) is 0 Å². The van der Waals surface area contributed by atoms with Gasteiger partial charge in [-0.1, -0.05) is 18.2 Å². The Labute approximate surface area is 156 Å². The Hall–Kier alpha value is -3.68. The number of hydrogen-bond donors (Lipinski definition) is 2. The maximum absolute atomic E-state index is 13.7. The summed E-state index contributed by atoms with van der Waals surface area (Å²) in [7, 11) is 0. The smallest absolute Gasteiger partial charge is 0.261 e. The number of anilines is 2. The summed E-state index contributed by atoms with van der Waals surface area (Å²) in [6, 6.07) is 11.5. The van der Waals surface area contributed by atoms with Crippen molar-refractivity contribution in [2.45, 2.75) is 0 Å². The molecule has 3 rings (SSSR count). The molecule has 0 bridgehead atoms. The number of hydrogen-bond acceptors (Lipinski definition) is 2. The Bertz CT molecular complexity index is 949. The lowest BCUT2D eigenvalue weighted by atomic mass is 10.1. The van der Waals surface area contributed by atoms with Gasteiger partial charge in [0.1, 0.15) is 34.4 Å². The molecule has 3 aromatic rings.